The molecule has 2 aromatic rings. The van der Waals surface area contributed by atoms with Crippen molar-refractivity contribution < 1.29 is 14.3 Å². The lowest BCUT2D eigenvalue weighted by Gasteiger charge is -2.15. The van der Waals surface area contributed by atoms with Gasteiger partial charge >= 0.3 is 0 Å². The standard InChI is InChI=1S/C21H26N2O3/c1-5-6-18-11-16(12-19(25-3)20(18)26-4)14-23-13-15-7-9-17(10-8-15)21(24)22-2/h5,7-12,23H,1,6,13-14H2,2-4H3,(H,22,24). The molecule has 0 atom stereocenters. The second-order valence-corrected chi connectivity index (χ2v) is 5.86. The molecule has 5 heteroatoms. The minimum absolute atomic E-state index is 0.0791. The third-order valence-electron chi connectivity index (χ3n) is 4.08. The normalized spacial score (nSPS) is 10.3. The fourth-order valence-corrected chi connectivity index (χ4v) is 2.79. The molecule has 0 aromatic heterocycles. The van der Waals surface area contributed by atoms with Gasteiger partial charge in [0.25, 0.3) is 5.91 Å². The first kappa shape index (κ1) is 19.5. The molecule has 2 rings (SSSR count). The molecule has 26 heavy (non-hydrogen) atoms. The van der Waals surface area contributed by atoms with Gasteiger partial charge in [0.15, 0.2) is 11.5 Å². The Hall–Kier alpha value is -2.79. The highest BCUT2D eigenvalue weighted by Crippen LogP contribution is 2.33. The highest BCUT2D eigenvalue weighted by Gasteiger charge is 2.11. The van der Waals surface area contributed by atoms with Gasteiger partial charge in [-0.15, -0.1) is 6.58 Å². The summed E-state index contributed by atoms with van der Waals surface area (Å²) in [6.45, 7) is 5.21. The van der Waals surface area contributed by atoms with Crippen LogP contribution in [0.5, 0.6) is 11.5 Å². The zero-order valence-corrected chi connectivity index (χ0v) is 15.6. The monoisotopic (exact) mass is 354 g/mol. The molecule has 0 aliphatic carbocycles. The third-order valence-corrected chi connectivity index (χ3v) is 4.08. The summed E-state index contributed by atoms with van der Waals surface area (Å²) in [5.41, 5.74) is 3.93. The minimum atomic E-state index is -0.0791. The average Bonchev–Trinajstić information content (AvgIpc) is 2.67. The van der Waals surface area contributed by atoms with Gasteiger partial charge in [0.05, 0.1) is 14.2 Å². The Morgan fingerprint density at radius 2 is 1.77 bits per heavy atom. The van der Waals surface area contributed by atoms with Crippen molar-refractivity contribution in [2.45, 2.75) is 19.5 Å². The molecule has 2 N–H and O–H groups in total. The number of ether oxygens (including phenoxy) is 2. The van der Waals surface area contributed by atoms with E-state index in [1.54, 1.807) is 21.3 Å². The molecular formula is C21H26N2O3. The van der Waals surface area contributed by atoms with Crippen LogP contribution in [0, 0.1) is 0 Å². The van der Waals surface area contributed by atoms with Crippen LogP contribution in [0.15, 0.2) is 49.1 Å². The molecule has 5 nitrogen and oxygen atoms in total. The number of carbonyl (C=O) groups is 1. The summed E-state index contributed by atoms with van der Waals surface area (Å²) in [4.78, 5) is 11.6. The molecule has 0 unspecified atom stereocenters. The third kappa shape index (κ3) is 4.86. The summed E-state index contributed by atoms with van der Waals surface area (Å²) >= 11 is 0. The van der Waals surface area contributed by atoms with Crippen LogP contribution in [-0.4, -0.2) is 27.2 Å². The largest absolute Gasteiger partial charge is 0.493 e. The van der Waals surface area contributed by atoms with Crippen LogP contribution in [-0.2, 0) is 19.5 Å². The molecule has 0 radical (unpaired) electrons. The van der Waals surface area contributed by atoms with Crippen molar-refractivity contribution in [3.63, 3.8) is 0 Å². The van der Waals surface area contributed by atoms with E-state index in [-0.39, 0.29) is 5.91 Å². The number of benzene rings is 2. The molecule has 0 aliphatic rings. The van der Waals surface area contributed by atoms with Gasteiger partial charge in [-0.1, -0.05) is 24.3 Å². The summed E-state index contributed by atoms with van der Waals surface area (Å²) in [7, 11) is 4.91. The maximum atomic E-state index is 11.6. The van der Waals surface area contributed by atoms with Gasteiger partial charge in [-0.05, 0) is 35.7 Å². The molecule has 0 fully saturated rings. The molecule has 2 aromatic carbocycles. The Bertz CT molecular complexity index is 755. The first-order valence-corrected chi connectivity index (χ1v) is 8.49. The highest BCUT2D eigenvalue weighted by atomic mass is 16.5. The van der Waals surface area contributed by atoms with Crippen LogP contribution in [0.2, 0.25) is 0 Å². The summed E-state index contributed by atoms with van der Waals surface area (Å²) in [6, 6.07) is 11.6. The zero-order chi connectivity index (χ0) is 18.9. The Morgan fingerprint density at radius 1 is 1.08 bits per heavy atom. The van der Waals surface area contributed by atoms with Crippen LogP contribution in [0.1, 0.15) is 27.0 Å². The van der Waals surface area contributed by atoms with Crippen LogP contribution in [0.25, 0.3) is 0 Å². The number of methoxy groups -OCH3 is 2. The van der Waals surface area contributed by atoms with E-state index in [9.17, 15) is 4.79 Å². The molecule has 0 spiro atoms. The van der Waals surface area contributed by atoms with Gasteiger partial charge in [-0.3, -0.25) is 4.79 Å². The molecule has 0 bridgehead atoms. The van der Waals surface area contributed by atoms with Gasteiger partial charge in [0, 0.05) is 31.3 Å². The number of rotatable bonds is 9. The predicted octanol–water partition coefficient (Wildman–Crippen LogP) is 3.08. The van der Waals surface area contributed by atoms with E-state index in [1.165, 1.54) is 0 Å². The predicted molar refractivity (Wildman–Crippen MR) is 104 cm³/mol. The van der Waals surface area contributed by atoms with Crippen LogP contribution >= 0.6 is 0 Å². The molecule has 0 saturated heterocycles. The Morgan fingerprint density at radius 3 is 2.35 bits per heavy atom. The summed E-state index contributed by atoms with van der Waals surface area (Å²) in [5.74, 6) is 1.39. The number of hydrogen-bond acceptors (Lipinski definition) is 4. The van der Waals surface area contributed by atoms with Gasteiger partial charge < -0.3 is 20.1 Å². The average molecular weight is 354 g/mol. The zero-order valence-electron chi connectivity index (χ0n) is 15.6. The van der Waals surface area contributed by atoms with E-state index in [2.05, 4.69) is 23.3 Å². The van der Waals surface area contributed by atoms with Gasteiger partial charge in [0.1, 0.15) is 0 Å². The van der Waals surface area contributed by atoms with E-state index in [4.69, 9.17) is 9.47 Å². The molecule has 0 heterocycles. The summed E-state index contributed by atoms with van der Waals surface area (Å²) in [5, 5.41) is 6.03. The molecule has 0 aliphatic heterocycles. The first-order valence-electron chi connectivity index (χ1n) is 8.49. The molecule has 1 amide bonds. The molecular weight excluding hydrogens is 328 g/mol. The lowest BCUT2D eigenvalue weighted by molar-refractivity contribution is 0.0963. The van der Waals surface area contributed by atoms with E-state index in [0.717, 1.165) is 28.2 Å². The maximum absolute atomic E-state index is 11.6. The van der Waals surface area contributed by atoms with E-state index in [1.807, 2.05) is 36.4 Å². The van der Waals surface area contributed by atoms with Crippen LogP contribution < -0.4 is 20.1 Å². The number of nitrogens with one attached hydrogen (secondary N) is 2. The fraction of sp³-hybridized carbons (Fsp3) is 0.286. The minimum Gasteiger partial charge on any atom is -0.493 e. The molecule has 138 valence electrons. The van der Waals surface area contributed by atoms with Crippen LogP contribution in [0.3, 0.4) is 0 Å². The number of hydrogen-bond donors (Lipinski definition) is 2. The lowest BCUT2D eigenvalue weighted by atomic mass is 10.1. The van der Waals surface area contributed by atoms with Crippen molar-refractivity contribution in [2.75, 3.05) is 21.3 Å². The van der Waals surface area contributed by atoms with Crippen molar-refractivity contribution in [3.05, 3.63) is 71.3 Å². The maximum Gasteiger partial charge on any atom is 0.251 e. The molecule has 0 saturated carbocycles. The van der Waals surface area contributed by atoms with Crippen molar-refractivity contribution in [1.29, 1.82) is 0 Å². The van der Waals surface area contributed by atoms with Crippen molar-refractivity contribution in [3.8, 4) is 11.5 Å². The quantitative estimate of drug-likeness (QED) is 0.680. The number of allylic oxidation sites excluding steroid dienone is 1. The lowest BCUT2D eigenvalue weighted by Crippen LogP contribution is -2.18. The second-order valence-electron chi connectivity index (χ2n) is 5.86. The number of carbonyl (C=O) groups excluding carboxylic acids is 1. The summed E-state index contributed by atoms with van der Waals surface area (Å²) in [6.07, 6.45) is 2.57. The fourth-order valence-electron chi connectivity index (χ4n) is 2.79. The van der Waals surface area contributed by atoms with Crippen molar-refractivity contribution in [2.24, 2.45) is 0 Å². The second kappa shape index (κ2) is 9.63. The SMILES string of the molecule is C=CCc1cc(CNCc2ccc(C(=O)NC)cc2)cc(OC)c1OC. The van der Waals surface area contributed by atoms with Gasteiger partial charge in [-0.2, -0.15) is 0 Å². The topological polar surface area (TPSA) is 59.6 Å². The Balaban J connectivity index is 2.03. The van der Waals surface area contributed by atoms with Gasteiger partial charge in [0.2, 0.25) is 0 Å². The van der Waals surface area contributed by atoms with E-state index < -0.39 is 0 Å². The summed E-state index contributed by atoms with van der Waals surface area (Å²) < 4.78 is 10.9. The Labute approximate surface area is 155 Å². The Kier molecular flexibility index (Phi) is 7.24. The highest BCUT2D eigenvalue weighted by molar-refractivity contribution is 5.93. The van der Waals surface area contributed by atoms with E-state index in [0.29, 0.717) is 25.1 Å². The van der Waals surface area contributed by atoms with Crippen LogP contribution in [0.4, 0.5) is 0 Å². The van der Waals surface area contributed by atoms with Gasteiger partial charge in [-0.25, -0.2) is 0 Å². The first-order chi connectivity index (χ1) is 12.6. The number of amides is 1. The van der Waals surface area contributed by atoms with Crippen molar-refractivity contribution in [1.82, 2.24) is 10.6 Å². The van der Waals surface area contributed by atoms with Crippen molar-refractivity contribution >= 4 is 5.91 Å². The smallest absolute Gasteiger partial charge is 0.251 e. The van der Waals surface area contributed by atoms with E-state index >= 15 is 0 Å².